The van der Waals surface area contributed by atoms with Crippen LogP contribution in [0.4, 0.5) is 0 Å². The molecule has 2 unspecified atom stereocenters. The average Bonchev–Trinajstić information content (AvgIpc) is 2.36. The van der Waals surface area contributed by atoms with Crippen molar-refractivity contribution in [3.63, 3.8) is 0 Å². The summed E-state index contributed by atoms with van der Waals surface area (Å²) in [5.41, 5.74) is -0.635. The lowest BCUT2D eigenvalue weighted by molar-refractivity contribution is 0.0252. The summed E-state index contributed by atoms with van der Waals surface area (Å²) < 4.78 is 0. The van der Waals surface area contributed by atoms with E-state index < -0.39 is 5.60 Å². The van der Waals surface area contributed by atoms with Gasteiger partial charge in [0, 0.05) is 5.92 Å². The fourth-order valence-electron chi connectivity index (χ4n) is 2.14. The molecular weight excluding hydrogens is 198 g/mol. The van der Waals surface area contributed by atoms with Crippen LogP contribution in [0.3, 0.4) is 0 Å². The number of rotatable bonds is 5. The zero-order valence-corrected chi connectivity index (χ0v) is 9.98. The number of hydrogen-bond donors (Lipinski definition) is 1. The van der Waals surface area contributed by atoms with Crippen LogP contribution in [0.2, 0.25) is 0 Å². The Hall–Kier alpha value is -1.33. The van der Waals surface area contributed by atoms with E-state index in [9.17, 15) is 10.4 Å². The fraction of sp³-hybridized carbons (Fsp3) is 0.500. The van der Waals surface area contributed by atoms with Crippen molar-refractivity contribution < 1.29 is 5.11 Å². The van der Waals surface area contributed by atoms with E-state index in [1.807, 2.05) is 37.3 Å². The van der Waals surface area contributed by atoms with Crippen LogP contribution in [0.5, 0.6) is 0 Å². The van der Waals surface area contributed by atoms with E-state index in [1.54, 1.807) is 0 Å². The lowest BCUT2D eigenvalue weighted by Crippen LogP contribution is -2.33. The highest BCUT2D eigenvalue weighted by molar-refractivity contribution is 5.29. The van der Waals surface area contributed by atoms with Gasteiger partial charge in [-0.15, -0.1) is 0 Å². The first-order chi connectivity index (χ1) is 7.69. The van der Waals surface area contributed by atoms with Gasteiger partial charge in [-0.2, -0.15) is 5.26 Å². The number of benzene rings is 1. The first-order valence-electron chi connectivity index (χ1n) is 5.88. The summed E-state index contributed by atoms with van der Waals surface area (Å²) in [5.74, 6) is 0.00454. The highest BCUT2D eigenvalue weighted by atomic mass is 16.3. The molecule has 1 N–H and O–H groups in total. The number of nitriles is 1. The molecule has 2 atom stereocenters. The summed E-state index contributed by atoms with van der Waals surface area (Å²) in [5, 5.41) is 19.8. The Bertz CT molecular complexity index is 355. The van der Waals surface area contributed by atoms with E-state index in [0.717, 1.165) is 19.3 Å². The van der Waals surface area contributed by atoms with Crippen molar-refractivity contribution in [3.05, 3.63) is 35.9 Å². The fourth-order valence-corrected chi connectivity index (χ4v) is 2.14. The molecule has 16 heavy (non-hydrogen) atoms. The molecule has 0 aliphatic heterocycles. The van der Waals surface area contributed by atoms with Gasteiger partial charge in [0.2, 0.25) is 0 Å². The van der Waals surface area contributed by atoms with Crippen molar-refractivity contribution in [2.75, 3.05) is 0 Å². The Labute approximate surface area is 97.5 Å². The maximum absolute atomic E-state index is 10.5. The zero-order chi connectivity index (χ0) is 12.0. The van der Waals surface area contributed by atoms with Crippen LogP contribution < -0.4 is 0 Å². The van der Waals surface area contributed by atoms with Crippen LogP contribution in [0.1, 0.15) is 38.7 Å². The molecule has 0 heterocycles. The van der Waals surface area contributed by atoms with Gasteiger partial charge in [0.25, 0.3) is 0 Å². The van der Waals surface area contributed by atoms with Crippen LogP contribution in [-0.2, 0) is 5.60 Å². The van der Waals surface area contributed by atoms with Gasteiger partial charge >= 0.3 is 0 Å². The second-order valence-corrected chi connectivity index (χ2v) is 4.14. The molecule has 0 radical (unpaired) electrons. The molecule has 0 fully saturated rings. The van der Waals surface area contributed by atoms with Gasteiger partial charge in [-0.3, -0.25) is 0 Å². The van der Waals surface area contributed by atoms with Crippen molar-refractivity contribution in [3.8, 4) is 6.07 Å². The van der Waals surface area contributed by atoms with Crippen molar-refractivity contribution in [2.45, 2.75) is 38.7 Å². The predicted octanol–water partition coefficient (Wildman–Crippen LogP) is 3.22. The van der Waals surface area contributed by atoms with Crippen LogP contribution >= 0.6 is 0 Å². The van der Waals surface area contributed by atoms with E-state index in [2.05, 4.69) is 13.0 Å². The smallest absolute Gasteiger partial charge is 0.179 e. The van der Waals surface area contributed by atoms with Crippen LogP contribution in [0, 0.1) is 17.2 Å². The number of hydrogen-bond acceptors (Lipinski definition) is 2. The molecule has 2 heteroatoms. The maximum Gasteiger partial charge on any atom is 0.179 e. The number of nitrogens with zero attached hydrogens (tertiary/aromatic N) is 1. The summed E-state index contributed by atoms with van der Waals surface area (Å²) in [6.45, 7) is 4.09. The van der Waals surface area contributed by atoms with Crippen molar-refractivity contribution in [1.29, 1.82) is 5.26 Å². The number of aliphatic hydroxyl groups is 1. The molecule has 0 saturated carbocycles. The SMILES string of the molecule is CCCC(CC)C(O)(C#N)c1ccccc1. The molecule has 0 aliphatic rings. The molecule has 0 spiro atoms. The standard InChI is InChI=1S/C14H19NO/c1-3-8-12(4-2)14(16,11-15)13-9-6-5-7-10-13/h5-7,9-10,12,16H,3-4,8H2,1-2H3. The van der Waals surface area contributed by atoms with E-state index in [0.29, 0.717) is 5.56 Å². The molecule has 1 rings (SSSR count). The topological polar surface area (TPSA) is 44.0 Å². The van der Waals surface area contributed by atoms with E-state index >= 15 is 0 Å². The third-order valence-electron chi connectivity index (χ3n) is 3.11. The molecular formula is C14H19NO. The predicted molar refractivity (Wildman–Crippen MR) is 64.6 cm³/mol. The van der Waals surface area contributed by atoms with Crippen LogP contribution in [0.15, 0.2) is 30.3 Å². The summed E-state index contributed by atoms with van der Waals surface area (Å²) in [6, 6.07) is 11.3. The molecule has 0 aliphatic carbocycles. The highest BCUT2D eigenvalue weighted by Gasteiger charge is 2.36. The lowest BCUT2D eigenvalue weighted by Gasteiger charge is -2.29. The summed E-state index contributed by atoms with van der Waals surface area (Å²) >= 11 is 0. The van der Waals surface area contributed by atoms with Crippen LogP contribution in [0.25, 0.3) is 0 Å². The Morgan fingerprint density at radius 1 is 1.31 bits per heavy atom. The molecule has 0 saturated heterocycles. The first-order valence-corrected chi connectivity index (χ1v) is 5.88. The van der Waals surface area contributed by atoms with Gasteiger partial charge in [0.1, 0.15) is 6.07 Å². The lowest BCUT2D eigenvalue weighted by atomic mass is 9.78. The quantitative estimate of drug-likeness (QED) is 0.769. The molecule has 1 aromatic carbocycles. The highest BCUT2D eigenvalue weighted by Crippen LogP contribution is 2.34. The summed E-state index contributed by atoms with van der Waals surface area (Å²) in [6.07, 6.45) is 2.66. The van der Waals surface area contributed by atoms with E-state index in [1.165, 1.54) is 0 Å². The van der Waals surface area contributed by atoms with Crippen molar-refractivity contribution in [1.82, 2.24) is 0 Å². The van der Waals surface area contributed by atoms with Gasteiger partial charge in [-0.25, -0.2) is 0 Å². The molecule has 0 aromatic heterocycles. The third-order valence-corrected chi connectivity index (χ3v) is 3.11. The largest absolute Gasteiger partial charge is 0.371 e. The Morgan fingerprint density at radius 2 is 1.94 bits per heavy atom. The monoisotopic (exact) mass is 217 g/mol. The Morgan fingerprint density at radius 3 is 2.38 bits per heavy atom. The van der Waals surface area contributed by atoms with E-state index in [4.69, 9.17) is 0 Å². The minimum Gasteiger partial charge on any atom is -0.371 e. The average molecular weight is 217 g/mol. The normalized spacial score (nSPS) is 16.1. The Kier molecular flexibility index (Phi) is 4.52. The van der Waals surface area contributed by atoms with Gasteiger partial charge in [-0.1, -0.05) is 50.6 Å². The maximum atomic E-state index is 10.5. The first kappa shape index (κ1) is 12.7. The minimum absolute atomic E-state index is 0.00454. The zero-order valence-electron chi connectivity index (χ0n) is 9.98. The van der Waals surface area contributed by atoms with Gasteiger partial charge in [-0.05, 0) is 18.4 Å². The Balaban J connectivity index is 3.06. The molecule has 1 aromatic rings. The molecule has 0 bridgehead atoms. The van der Waals surface area contributed by atoms with Gasteiger partial charge in [0.15, 0.2) is 5.60 Å². The second kappa shape index (κ2) is 5.67. The molecule has 86 valence electrons. The van der Waals surface area contributed by atoms with Crippen molar-refractivity contribution >= 4 is 0 Å². The summed E-state index contributed by atoms with van der Waals surface area (Å²) in [4.78, 5) is 0. The van der Waals surface area contributed by atoms with Gasteiger partial charge in [0.05, 0.1) is 0 Å². The second-order valence-electron chi connectivity index (χ2n) is 4.14. The third kappa shape index (κ3) is 2.43. The van der Waals surface area contributed by atoms with Gasteiger partial charge < -0.3 is 5.11 Å². The van der Waals surface area contributed by atoms with E-state index in [-0.39, 0.29) is 5.92 Å². The molecule has 2 nitrogen and oxygen atoms in total. The van der Waals surface area contributed by atoms with Crippen molar-refractivity contribution in [2.24, 2.45) is 5.92 Å². The molecule has 0 amide bonds. The van der Waals surface area contributed by atoms with Crippen LogP contribution in [-0.4, -0.2) is 5.11 Å². The summed E-state index contributed by atoms with van der Waals surface area (Å²) in [7, 11) is 0. The minimum atomic E-state index is -1.34.